The molecule has 9 nitrogen and oxygen atoms in total. The number of ether oxygens (including phenoxy) is 1. The minimum Gasteiger partial charge on any atom is -0.456 e. The van der Waals surface area contributed by atoms with Crippen LogP contribution < -0.4 is 5.32 Å². The summed E-state index contributed by atoms with van der Waals surface area (Å²) in [5, 5.41) is 3.07. The zero-order valence-electron chi connectivity index (χ0n) is 55.2. The third kappa shape index (κ3) is 63.5. The molecule has 0 saturated carbocycles. The third-order valence-electron chi connectivity index (χ3n) is 15.3. The Balaban J connectivity index is 5.18. The van der Waals surface area contributed by atoms with Crippen molar-refractivity contribution in [1.29, 1.82) is 0 Å². The molecule has 0 aliphatic rings. The second kappa shape index (κ2) is 62.2. The lowest BCUT2D eigenvalue weighted by atomic mass is 10.0. The van der Waals surface area contributed by atoms with Gasteiger partial charge >= 0.3 is 13.8 Å². The van der Waals surface area contributed by atoms with Crippen LogP contribution in [0, 0.1) is 0 Å². The van der Waals surface area contributed by atoms with E-state index < -0.39 is 20.0 Å². The molecule has 0 radical (unpaired) electrons. The van der Waals surface area contributed by atoms with Crippen molar-refractivity contribution >= 4 is 19.7 Å². The summed E-state index contributed by atoms with van der Waals surface area (Å²) in [4.78, 5) is 37.9. The molecule has 0 rings (SSSR count). The van der Waals surface area contributed by atoms with Crippen molar-refractivity contribution in [2.24, 2.45) is 0 Å². The number of hydrogen-bond acceptors (Lipinski definition) is 6. The molecule has 0 fully saturated rings. The second-order valence-corrected chi connectivity index (χ2v) is 26.1. The molecule has 3 unspecified atom stereocenters. The Kier molecular flexibility index (Phi) is 60.1. The number of nitrogens with zero attached hydrogens (tertiary/aromatic N) is 1. The first-order chi connectivity index (χ1) is 40.4. The molecule has 482 valence electrons. The number of rotatable bonds is 63. The van der Waals surface area contributed by atoms with Crippen LogP contribution in [0.15, 0.2) is 85.1 Å². The Morgan fingerprint density at radius 3 is 1.12 bits per heavy atom. The number of amides is 1. The predicted molar refractivity (Wildman–Crippen MR) is 360 cm³/mol. The van der Waals surface area contributed by atoms with Gasteiger partial charge in [0.2, 0.25) is 5.91 Å². The number of likely N-dealkylation sites (N-methyl/N-ethyl adjacent to an activating group) is 1. The lowest BCUT2D eigenvalue weighted by Crippen LogP contribution is -2.47. The number of phosphoric ester groups is 1. The van der Waals surface area contributed by atoms with Crippen molar-refractivity contribution in [2.75, 3.05) is 40.9 Å². The number of nitrogens with one attached hydrogen (secondary N) is 1. The van der Waals surface area contributed by atoms with E-state index in [4.69, 9.17) is 13.8 Å². The first-order valence-electron chi connectivity index (χ1n) is 34.9. The van der Waals surface area contributed by atoms with Crippen LogP contribution in [-0.4, -0.2) is 74.3 Å². The highest BCUT2D eigenvalue weighted by atomic mass is 31.2. The summed E-state index contributed by atoms with van der Waals surface area (Å²) in [6, 6.07) is -0.860. The molecule has 3 atom stereocenters. The Bertz CT molecular complexity index is 1700. The lowest BCUT2D eigenvalue weighted by molar-refractivity contribution is -0.870. The highest BCUT2D eigenvalue weighted by molar-refractivity contribution is 7.47. The molecule has 0 heterocycles. The molecule has 0 saturated heterocycles. The number of allylic oxidation sites excluding steroid dienone is 13. The molecule has 1 amide bonds. The van der Waals surface area contributed by atoms with Gasteiger partial charge in [0.25, 0.3) is 0 Å². The summed E-state index contributed by atoms with van der Waals surface area (Å²) in [6.07, 6.45) is 82.9. The molecule has 0 aromatic carbocycles. The maximum absolute atomic E-state index is 13.6. The minimum atomic E-state index is -4.46. The summed E-state index contributed by atoms with van der Waals surface area (Å²) in [5.41, 5.74) is 0. The molecular formula is C73H134N2O7P+. The smallest absolute Gasteiger partial charge is 0.456 e. The maximum Gasteiger partial charge on any atom is 0.472 e. The van der Waals surface area contributed by atoms with Crippen molar-refractivity contribution in [1.82, 2.24) is 5.32 Å². The van der Waals surface area contributed by atoms with Crippen LogP contribution in [0.4, 0.5) is 0 Å². The fourth-order valence-corrected chi connectivity index (χ4v) is 10.6. The normalized spacial score (nSPS) is 14.1. The van der Waals surface area contributed by atoms with E-state index in [2.05, 4.69) is 99.0 Å². The topological polar surface area (TPSA) is 111 Å². The average Bonchev–Trinajstić information content (AvgIpc) is 3.46. The molecule has 0 aliphatic carbocycles. The number of carbonyl (C=O) groups excluding carboxylic acids is 2. The Labute approximate surface area is 514 Å². The van der Waals surface area contributed by atoms with Gasteiger partial charge in [-0.2, -0.15) is 0 Å². The number of carbonyl (C=O) groups is 2. The van der Waals surface area contributed by atoms with Crippen LogP contribution in [0.25, 0.3) is 0 Å². The van der Waals surface area contributed by atoms with Crippen molar-refractivity contribution < 1.29 is 37.3 Å². The molecule has 0 aromatic heterocycles. The van der Waals surface area contributed by atoms with E-state index >= 15 is 0 Å². The lowest BCUT2D eigenvalue weighted by Gasteiger charge is -2.27. The summed E-state index contributed by atoms with van der Waals surface area (Å²) >= 11 is 0. The molecule has 0 aromatic rings. The maximum atomic E-state index is 13.6. The van der Waals surface area contributed by atoms with Crippen molar-refractivity contribution in [3.8, 4) is 0 Å². The summed E-state index contributed by atoms with van der Waals surface area (Å²) in [6.45, 7) is 6.98. The standard InChI is InChI=1S/C73H133N2O7P/c1-7-10-13-16-19-22-25-28-30-32-34-36-37-39-40-42-44-47-50-53-56-59-62-65-72(76)74-70(69-81-83(78,79)80-68-67-75(4,5)6)71(64-61-58-55-52-49-46-27-24-21-18-15-12-9-3)82-73(77)66-63-60-57-54-51-48-45-43-41-38-35-33-31-29-26-23-20-17-14-11-8-2/h19-20,22-23,28-31,34,36,39-40,61,64,70-71H,7-18,21,24-27,32-33,35,37-38,41-60,62-63,65-69H2,1-6H3,(H-,74,76,78,79)/p+1/b22-19-,23-20-,30-28-,31-29-,36-34-,40-39-,64-61+. The van der Waals surface area contributed by atoms with Gasteiger partial charge in [0.15, 0.2) is 0 Å². The van der Waals surface area contributed by atoms with E-state index in [-0.39, 0.29) is 31.5 Å². The number of esters is 1. The number of phosphoric acid groups is 1. The van der Waals surface area contributed by atoms with Gasteiger partial charge in [-0.15, -0.1) is 0 Å². The van der Waals surface area contributed by atoms with Crippen LogP contribution in [0.5, 0.6) is 0 Å². The quantitative estimate of drug-likeness (QED) is 0.0205. The van der Waals surface area contributed by atoms with Crippen molar-refractivity contribution in [2.45, 2.75) is 328 Å². The first kappa shape index (κ1) is 80.2. The van der Waals surface area contributed by atoms with E-state index in [1.807, 2.05) is 33.3 Å². The van der Waals surface area contributed by atoms with Gasteiger partial charge in [0, 0.05) is 12.8 Å². The fraction of sp³-hybridized carbons (Fsp3) is 0.781. The van der Waals surface area contributed by atoms with Gasteiger partial charge in [0.05, 0.1) is 33.8 Å². The zero-order valence-corrected chi connectivity index (χ0v) is 56.1. The van der Waals surface area contributed by atoms with Crippen LogP contribution >= 0.6 is 7.82 Å². The third-order valence-corrected chi connectivity index (χ3v) is 16.3. The van der Waals surface area contributed by atoms with Crippen LogP contribution in [-0.2, 0) is 27.9 Å². The molecule has 0 aliphatic heterocycles. The van der Waals surface area contributed by atoms with Crippen LogP contribution in [0.3, 0.4) is 0 Å². The summed E-state index contributed by atoms with van der Waals surface area (Å²) < 4.78 is 30.8. The predicted octanol–water partition coefficient (Wildman–Crippen LogP) is 22.1. The molecule has 0 bridgehead atoms. The molecule has 10 heteroatoms. The van der Waals surface area contributed by atoms with Crippen molar-refractivity contribution in [3.63, 3.8) is 0 Å². The van der Waals surface area contributed by atoms with Crippen LogP contribution in [0.2, 0.25) is 0 Å². The Morgan fingerprint density at radius 2 is 0.735 bits per heavy atom. The molecule has 2 N–H and O–H groups in total. The Morgan fingerprint density at radius 1 is 0.422 bits per heavy atom. The number of quaternary nitrogens is 1. The number of unbranched alkanes of at least 4 members (excludes halogenated alkanes) is 35. The fourth-order valence-electron chi connectivity index (χ4n) is 9.90. The Hall–Kier alpha value is -2.81. The molecular weight excluding hydrogens is 1050 g/mol. The van der Waals surface area contributed by atoms with E-state index in [1.54, 1.807) is 0 Å². The second-order valence-electron chi connectivity index (χ2n) is 24.7. The largest absolute Gasteiger partial charge is 0.472 e. The highest BCUT2D eigenvalue weighted by Crippen LogP contribution is 2.43. The highest BCUT2D eigenvalue weighted by Gasteiger charge is 2.30. The number of hydrogen-bond donors (Lipinski definition) is 2. The van der Waals surface area contributed by atoms with Gasteiger partial charge in [-0.25, -0.2) is 4.57 Å². The van der Waals surface area contributed by atoms with Gasteiger partial charge < -0.3 is 19.4 Å². The van der Waals surface area contributed by atoms with E-state index in [0.717, 1.165) is 96.3 Å². The first-order valence-corrected chi connectivity index (χ1v) is 36.4. The summed E-state index contributed by atoms with van der Waals surface area (Å²) in [7, 11) is 1.49. The van der Waals surface area contributed by atoms with Crippen LogP contribution in [0.1, 0.15) is 316 Å². The van der Waals surface area contributed by atoms with Gasteiger partial charge in [0.1, 0.15) is 19.3 Å². The minimum absolute atomic E-state index is 0.0349. The SMILES string of the molecule is CCCCC/C=C\C/C=C\C/C=C\C/C=C\CCCCCCCCCC(=O)NC(COP(=O)(O)OCC[N+](C)(C)C)C(/C=C/CCCCCCCCCCCCC)OC(=O)CCCCCCCCCCCCC/C=C\C/C=C\CCCCC. The summed E-state index contributed by atoms with van der Waals surface area (Å²) in [5.74, 6) is -0.514. The van der Waals surface area contributed by atoms with Gasteiger partial charge in [-0.1, -0.05) is 280 Å². The van der Waals surface area contributed by atoms with E-state index in [9.17, 15) is 19.0 Å². The monoisotopic (exact) mass is 1180 g/mol. The molecule has 83 heavy (non-hydrogen) atoms. The van der Waals surface area contributed by atoms with E-state index in [0.29, 0.717) is 17.4 Å². The van der Waals surface area contributed by atoms with Gasteiger partial charge in [-0.3, -0.25) is 18.6 Å². The zero-order chi connectivity index (χ0) is 60.7. The van der Waals surface area contributed by atoms with Crippen molar-refractivity contribution in [3.05, 3.63) is 85.1 Å². The van der Waals surface area contributed by atoms with E-state index in [1.165, 1.54) is 186 Å². The average molecular weight is 1180 g/mol. The van der Waals surface area contributed by atoms with Gasteiger partial charge in [-0.05, 0) is 109 Å². The molecule has 0 spiro atoms.